The summed E-state index contributed by atoms with van der Waals surface area (Å²) in [5.74, 6) is 1.02. The van der Waals surface area contributed by atoms with E-state index in [9.17, 15) is 4.79 Å². The van der Waals surface area contributed by atoms with Gasteiger partial charge >= 0.3 is 0 Å². The van der Waals surface area contributed by atoms with Crippen LogP contribution in [0.2, 0.25) is 0 Å². The van der Waals surface area contributed by atoms with Crippen LogP contribution < -0.4 is 5.32 Å². The molecule has 1 saturated heterocycles. The van der Waals surface area contributed by atoms with Gasteiger partial charge in [-0.3, -0.25) is 4.79 Å². The number of thiophene rings is 1. The van der Waals surface area contributed by atoms with E-state index in [4.69, 9.17) is 0 Å². The van der Waals surface area contributed by atoms with Gasteiger partial charge in [-0.25, -0.2) is 0 Å². The van der Waals surface area contributed by atoms with Crippen molar-refractivity contribution in [2.75, 3.05) is 13.1 Å². The van der Waals surface area contributed by atoms with Crippen molar-refractivity contribution in [1.29, 1.82) is 0 Å². The molecule has 98 valence electrons. The summed E-state index contributed by atoms with van der Waals surface area (Å²) in [6.07, 6.45) is 2.37. The van der Waals surface area contributed by atoms with Crippen molar-refractivity contribution in [3.8, 4) is 0 Å². The molecule has 2 fully saturated rings. The van der Waals surface area contributed by atoms with Crippen LogP contribution in [0.1, 0.15) is 24.6 Å². The summed E-state index contributed by atoms with van der Waals surface area (Å²) in [7, 11) is 0. The fraction of sp³-hybridized carbons (Fsp3) is 0.643. The number of carbonyl (C=O) groups excluding carboxylic acids is 1. The van der Waals surface area contributed by atoms with Crippen molar-refractivity contribution in [2.45, 2.75) is 32.4 Å². The molecule has 1 N–H and O–H groups in total. The van der Waals surface area contributed by atoms with Gasteiger partial charge in [-0.15, -0.1) is 11.3 Å². The van der Waals surface area contributed by atoms with E-state index in [0.29, 0.717) is 17.9 Å². The summed E-state index contributed by atoms with van der Waals surface area (Å²) in [4.78, 5) is 16.1. The first-order valence-corrected chi connectivity index (χ1v) is 7.67. The van der Waals surface area contributed by atoms with Crippen LogP contribution in [-0.2, 0) is 11.3 Å². The molecule has 2 heterocycles. The lowest BCUT2D eigenvalue weighted by atomic mass is 9.96. The maximum atomic E-state index is 12.7. The molecule has 3 nitrogen and oxygen atoms in total. The maximum Gasteiger partial charge on any atom is 0.227 e. The highest BCUT2D eigenvalue weighted by molar-refractivity contribution is 7.09. The van der Waals surface area contributed by atoms with E-state index >= 15 is 0 Å². The summed E-state index contributed by atoms with van der Waals surface area (Å²) in [6.45, 7) is 4.82. The van der Waals surface area contributed by atoms with Gasteiger partial charge in [0.1, 0.15) is 0 Å². The van der Waals surface area contributed by atoms with Gasteiger partial charge in [-0.1, -0.05) is 13.0 Å². The Morgan fingerprint density at radius 3 is 2.89 bits per heavy atom. The average Bonchev–Trinajstić information content (AvgIpc) is 2.89. The van der Waals surface area contributed by atoms with Crippen LogP contribution in [0.5, 0.6) is 0 Å². The Bertz CT molecular complexity index is 413. The van der Waals surface area contributed by atoms with Crippen molar-refractivity contribution < 1.29 is 4.79 Å². The average molecular weight is 264 g/mol. The molecule has 3 rings (SSSR count). The molecule has 1 saturated carbocycles. The van der Waals surface area contributed by atoms with Crippen molar-refractivity contribution in [3.05, 3.63) is 22.4 Å². The first kappa shape index (κ1) is 12.2. The van der Waals surface area contributed by atoms with Crippen molar-refractivity contribution in [3.63, 3.8) is 0 Å². The zero-order valence-electron chi connectivity index (χ0n) is 10.8. The maximum absolute atomic E-state index is 12.7. The van der Waals surface area contributed by atoms with E-state index in [1.807, 2.05) is 0 Å². The standard InChI is InChI=1S/C14H20N2OS/c1-10-7-15-8-13(10)14(17)16(11-4-5-11)9-12-3-2-6-18-12/h2-3,6,10-11,13,15H,4-5,7-9H2,1H3/t10-,13-/m1/s1. The molecular weight excluding hydrogens is 244 g/mol. The third-order valence-electron chi connectivity index (χ3n) is 4.01. The second kappa shape index (κ2) is 5.02. The van der Waals surface area contributed by atoms with Crippen molar-refractivity contribution in [2.24, 2.45) is 11.8 Å². The first-order valence-electron chi connectivity index (χ1n) is 6.79. The lowest BCUT2D eigenvalue weighted by molar-refractivity contribution is -0.137. The number of amides is 1. The minimum atomic E-state index is 0.186. The summed E-state index contributed by atoms with van der Waals surface area (Å²) < 4.78 is 0. The highest BCUT2D eigenvalue weighted by atomic mass is 32.1. The highest BCUT2D eigenvalue weighted by Crippen LogP contribution is 2.32. The smallest absolute Gasteiger partial charge is 0.227 e. The van der Waals surface area contributed by atoms with E-state index in [1.165, 1.54) is 17.7 Å². The predicted molar refractivity (Wildman–Crippen MR) is 73.4 cm³/mol. The lowest BCUT2D eigenvalue weighted by Crippen LogP contribution is -2.39. The SMILES string of the molecule is C[C@@H]1CNC[C@H]1C(=O)N(Cc1cccs1)C1CC1. The zero-order chi connectivity index (χ0) is 12.5. The van der Waals surface area contributed by atoms with Crippen LogP contribution >= 0.6 is 11.3 Å². The third-order valence-corrected chi connectivity index (χ3v) is 4.87. The predicted octanol–water partition coefficient (Wildman–Crippen LogP) is 2.09. The van der Waals surface area contributed by atoms with Crippen LogP contribution in [0, 0.1) is 11.8 Å². The molecule has 0 radical (unpaired) electrons. The van der Waals surface area contributed by atoms with Gasteiger partial charge in [-0.2, -0.15) is 0 Å². The molecule has 1 aliphatic carbocycles. The van der Waals surface area contributed by atoms with Crippen LogP contribution in [0.3, 0.4) is 0 Å². The Kier molecular flexibility index (Phi) is 3.39. The largest absolute Gasteiger partial charge is 0.334 e. The Morgan fingerprint density at radius 2 is 2.33 bits per heavy atom. The molecule has 1 aromatic rings. The second-order valence-corrected chi connectivity index (χ2v) is 6.55. The van der Waals surface area contributed by atoms with Crippen molar-refractivity contribution >= 4 is 17.2 Å². The molecule has 1 amide bonds. The minimum absolute atomic E-state index is 0.186. The zero-order valence-corrected chi connectivity index (χ0v) is 11.6. The van der Waals surface area contributed by atoms with Gasteiger partial charge in [0, 0.05) is 17.5 Å². The summed E-state index contributed by atoms with van der Waals surface area (Å²) >= 11 is 1.75. The second-order valence-electron chi connectivity index (χ2n) is 5.52. The summed E-state index contributed by atoms with van der Waals surface area (Å²) in [5, 5.41) is 5.42. The molecule has 2 atom stereocenters. The number of rotatable bonds is 4. The molecule has 4 heteroatoms. The molecule has 0 aromatic carbocycles. The highest BCUT2D eigenvalue weighted by Gasteiger charge is 2.39. The minimum Gasteiger partial charge on any atom is -0.334 e. The number of hydrogen-bond acceptors (Lipinski definition) is 3. The number of nitrogens with zero attached hydrogens (tertiary/aromatic N) is 1. The van der Waals surface area contributed by atoms with E-state index < -0.39 is 0 Å². The van der Waals surface area contributed by atoms with Crippen LogP contribution in [0.15, 0.2) is 17.5 Å². The molecule has 1 aromatic heterocycles. The van der Waals surface area contributed by atoms with Gasteiger partial charge in [0.15, 0.2) is 0 Å². The van der Waals surface area contributed by atoms with E-state index in [0.717, 1.165) is 19.6 Å². The normalized spacial score (nSPS) is 27.4. The monoisotopic (exact) mass is 264 g/mol. The van der Waals surface area contributed by atoms with E-state index in [2.05, 4.69) is 34.7 Å². The molecule has 0 spiro atoms. The molecular formula is C14H20N2OS. The fourth-order valence-corrected chi connectivity index (χ4v) is 3.40. The Morgan fingerprint density at radius 1 is 1.50 bits per heavy atom. The third kappa shape index (κ3) is 2.45. The number of nitrogens with one attached hydrogen (secondary N) is 1. The van der Waals surface area contributed by atoms with Crippen LogP contribution in [0.25, 0.3) is 0 Å². The van der Waals surface area contributed by atoms with E-state index in [1.54, 1.807) is 11.3 Å². The molecule has 18 heavy (non-hydrogen) atoms. The van der Waals surface area contributed by atoms with Gasteiger partial charge < -0.3 is 10.2 Å². The van der Waals surface area contributed by atoms with Crippen molar-refractivity contribution in [1.82, 2.24) is 10.2 Å². The molecule has 1 aliphatic heterocycles. The first-order chi connectivity index (χ1) is 8.75. The van der Waals surface area contributed by atoms with Crippen LogP contribution in [-0.4, -0.2) is 29.9 Å². The van der Waals surface area contributed by atoms with Gasteiger partial charge in [0.25, 0.3) is 0 Å². The summed E-state index contributed by atoms with van der Waals surface area (Å²) in [6, 6.07) is 4.70. The van der Waals surface area contributed by atoms with Gasteiger partial charge in [0.2, 0.25) is 5.91 Å². The molecule has 2 aliphatic rings. The van der Waals surface area contributed by atoms with Crippen LogP contribution in [0.4, 0.5) is 0 Å². The Hall–Kier alpha value is -0.870. The summed E-state index contributed by atoms with van der Waals surface area (Å²) in [5.41, 5.74) is 0. The fourth-order valence-electron chi connectivity index (χ4n) is 2.70. The Labute approximate surface area is 112 Å². The van der Waals surface area contributed by atoms with Gasteiger partial charge in [-0.05, 0) is 36.8 Å². The topological polar surface area (TPSA) is 32.3 Å². The van der Waals surface area contributed by atoms with E-state index in [-0.39, 0.29) is 5.92 Å². The molecule has 0 unspecified atom stereocenters. The van der Waals surface area contributed by atoms with Gasteiger partial charge in [0.05, 0.1) is 12.5 Å². The lowest BCUT2D eigenvalue weighted by Gasteiger charge is -2.26. The Balaban J connectivity index is 1.71. The number of hydrogen-bond donors (Lipinski definition) is 1. The molecule has 0 bridgehead atoms. The quantitative estimate of drug-likeness (QED) is 0.903. The number of carbonyl (C=O) groups is 1.